The molecule has 0 amide bonds. The fraction of sp³-hybridized carbons (Fsp3) is 0.364. The molecule has 2 rings (SSSR count). The first-order valence-electron chi connectivity index (χ1n) is 5.67. The molecule has 0 spiro atoms. The second kappa shape index (κ2) is 5.72. The van der Waals surface area contributed by atoms with Gasteiger partial charge in [-0.15, -0.1) is 5.10 Å². The highest BCUT2D eigenvalue weighted by Crippen LogP contribution is 2.18. The van der Waals surface area contributed by atoms with Crippen molar-refractivity contribution in [1.29, 1.82) is 0 Å². The van der Waals surface area contributed by atoms with Crippen molar-refractivity contribution in [3.8, 4) is 11.4 Å². The summed E-state index contributed by atoms with van der Waals surface area (Å²) in [5, 5.41) is 11.5. The van der Waals surface area contributed by atoms with E-state index in [0.29, 0.717) is 29.6 Å². The summed E-state index contributed by atoms with van der Waals surface area (Å²) in [5.41, 5.74) is 7.26. The van der Waals surface area contributed by atoms with Gasteiger partial charge in [0.1, 0.15) is 0 Å². The average Bonchev–Trinajstić information content (AvgIpc) is 2.84. The van der Waals surface area contributed by atoms with Gasteiger partial charge in [0.25, 0.3) is 0 Å². The van der Waals surface area contributed by atoms with Crippen LogP contribution in [0.4, 0.5) is 5.69 Å². The maximum Gasteiger partial charge on any atom is 0.182 e. The number of aryl methyl sites for hydroxylation is 1. The number of rotatable bonds is 5. The van der Waals surface area contributed by atoms with Gasteiger partial charge in [-0.2, -0.15) is 0 Å². The van der Waals surface area contributed by atoms with E-state index < -0.39 is 10.8 Å². The smallest absolute Gasteiger partial charge is 0.182 e. The zero-order valence-electron chi connectivity index (χ0n) is 10.1. The highest BCUT2D eigenvalue weighted by atomic mass is 32.2. The van der Waals surface area contributed by atoms with Crippen LogP contribution in [0, 0.1) is 0 Å². The number of hydrogen-bond donors (Lipinski definition) is 1. The maximum atomic E-state index is 11.4. The van der Waals surface area contributed by atoms with Crippen LogP contribution in [-0.2, 0) is 17.3 Å². The Balaban J connectivity index is 2.20. The predicted molar refractivity (Wildman–Crippen MR) is 71.2 cm³/mol. The van der Waals surface area contributed by atoms with Crippen LogP contribution in [-0.4, -0.2) is 35.9 Å². The van der Waals surface area contributed by atoms with E-state index in [4.69, 9.17) is 5.73 Å². The lowest BCUT2D eigenvalue weighted by Gasteiger charge is -2.04. The molecule has 0 saturated carbocycles. The Hall–Kier alpha value is -1.76. The molecule has 18 heavy (non-hydrogen) atoms. The van der Waals surface area contributed by atoms with Crippen LogP contribution in [0.2, 0.25) is 0 Å². The van der Waals surface area contributed by atoms with Crippen LogP contribution in [0.5, 0.6) is 0 Å². The van der Waals surface area contributed by atoms with E-state index in [9.17, 15) is 4.21 Å². The lowest BCUT2D eigenvalue weighted by atomic mass is 10.2. The van der Waals surface area contributed by atoms with E-state index in [1.807, 2.05) is 31.2 Å². The van der Waals surface area contributed by atoms with Crippen LogP contribution < -0.4 is 5.73 Å². The lowest BCUT2D eigenvalue weighted by Crippen LogP contribution is -2.11. The van der Waals surface area contributed by atoms with Crippen molar-refractivity contribution in [3.05, 3.63) is 24.3 Å². The van der Waals surface area contributed by atoms with E-state index in [0.717, 1.165) is 5.56 Å². The van der Waals surface area contributed by atoms with Crippen molar-refractivity contribution in [2.24, 2.45) is 0 Å². The Morgan fingerprint density at radius 1 is 1.44 bits per heavy atom. The Bertz CT molecular complexity index is 554. The minimum absolute atomic E-state index is 0.539. The molecule has 0 saturated heterocycles. The van der Waals surface area contributed by atoms with E-state index in [1.54, 1.807) is 4.68 Å². The Morgan fingerprint density at radius 2 is 2.28 bits per heavy atom. The predicted octanol–water partition coefficient (Wildman–Crippen LogP) is 0.691. The van der Waals surface area contributed by atoms with Gasteiger partial charge in [-0.05, 0) is 22.6 Å². The molecule has 2 aromatic rings. The van der Waals surface area contributed by atoms with Crippen LogP contribution in [0.15, 0.2) is 24.3 Å². The fourth-order valence-corrected chi connectivity index (χ4v) is 2.24. The number of hydrogen-bond acceptors (Lipinski definition) is 5. The summed E-state index contributed by atoms with van der Waals surface area (Å²) in [6.07, 6.45) is 0. The summed E-state index contributed by atoms with van der Waals surface area (Å²) in [5.74, 6) is 1.85. The number of anilines is 1. The molecule has 6 nitrogen and oxygen atoms in total. The summed E-state index contributed by atoms with van der Waals surface area (Å²) in [6, 6.07) is 7.38. The number of nitrogens with zero attached hydrogens (tertiary/aromatic N) is 4. The molecule has 0 radical (unpaired) electrons. The number of aromatic nitrogens is 4. The van der Waals surface area contributed by atoms with Crippen molar-refractivity contribution in [2.75, 3.05) is 17.2 Å². The molecular weight excluding hydrogens is 250 g/mol. The second-order valence-corrected chi connectivity index (χ2v) is 5.65. The third-order valence-corrected chi connectivity index (χ3v) is 3.81. The summed E-state index contributed by atoms with van der Waals surface area (Å²) >= 11 is 0. The quantitative estimate of drug-likeness (QED) is 0.804. The minimum atomic E-state index is -0.822. The Morgan fingerprint density at radius 3 is 3.00 bits per heavy atom. The molecule has 0 aliphatic heterocycles. The molecule has 0 aliphatic carbocycles. The number of nitrogen functional groups attached to an aromatic ring is 1. The number of tetrazole rings is 1. The van der Waals surface area contributed by atoms with E-state index >= 15 is 0 Å². The summed E-state index contributed by atoms with van der Waals surface area (Å²) in [4.78, 5) is 0. The van der Waals surface area contributed by atoms with Gasteiger partial charge in [0.2, 0.25) is 0 Å². The van der Waals surface area contributed by atoms with Gasteiger partial charge in [-0.3, -0.25) is 4.21 Å². The van der Waals surface area contributed by atoms with E-state index in [-0.39, 0.29) is 0 Å². The third-order valence-electron chi connectivity index (χ3n) is 2.53. The van der Waals surface area contributed by atoms with E-state index in [2.05, 4.69) is 15.5 Å². The lowest BCUT2D eigenvalue weighted by molar-refractivity contribution is 0.624. The molecule has 0 bridgehead atoms. The Kier molecular flexibility index (Phi) is 4.03. The van der Waals surface area contributed by atoms with Gasteiger partial charge in [-0.1, -0.05) is 19.1 Å². The zero-order chi connectivity index (χ0) is 13.0. The third kappa shape index (κ3) is 2.92. The van der Waals surface area contributed by atoms with Gasteiger partial charge in [0.15, 0.2) is 5.82 Å². The van der Waals surface area contributed by atoms with Gasteiger partial charge in [-0.25, -0.2) is 4.68 Å². The molecule has 1 atom stereocenters. The number of benzene rings is 1. The first-order valence-corrected chi connectivity index (χ1v) is 7.16. The molecule has 0 aliphatic rings. The molecule has 96 valence electrons. The molecule has 1 aromatic heterocycles. The van der Waals surface area contributed by atoms with Gasteiger partial charge in [0.05, 0.1) is 6.54 Å². The molecule has 1 heterocycles. The molecule has 7 heteroatoms. The topological polar surface area (TPSA) is 86.7 Å². The van der Waals surface area contributed by atoms with Crippen LogP contribution in [0.1, 0.15) is 6.92 Å². The zero-order valence-corrected chi connectivity index (χ0v) is 10.9. The Labute approximate surface area is 108 Å². The van der Waals surface area contributed by atoms with Crippen molar-refractivity contribution in [2.45, 2.75) is 13.5 Å². The normalized spacial score (nSPS) is 12.5. The monoisotopic (exact) mass is 265 g/mol. The van der Waals surface area contributed by atoms with Crippen molar-refractivity contribution in [3.63, 3.8) is 0 Å². The second-order valence-electron chi connectivity index (χ2n) is 3.78. The molecule has 1 aromatic carbocycles. The van der Waals surface area contributed by atoms with Crippen molar-refractivity contribution >= 4 is 16.5 Å². The van der Waals surface area contributed by atoms with Gasteiger partial charge in [0, 0.05) is 33.6 Å². The highest BCUT2D eigenvalue weighted by Gasteiger charge is 2.09. The largest absolute Gasteiger partial charge is 0.399 e. The molecule has 2 N–H and O–H groups in total. The standard InChI is InChI=1S/C11H15N5OS/c1-2-18(17)7-6-16-11(13-14-15-16)9-4-3-5-10(12)8-9/h3-5,8H,2,6-7,12H2,1H3. The first kappa shape index (κ1) is 12.7. The van der Waals surface area contributed by atoms with Crippen molar-refractivity contribution in [1.82, 2.24) is 20.2 Å². The summed E-state index contributed by atoms with van der Waals surface area (Å²) in [6.45, 7) is 2.44. The summed E-state index contributed by atoms with van der Waals surface area (Å²) < 4.78 is 13.1. The minimum Gasteiger partial charge on any atom is -0.399 e. The van der Waals surface area contributed by atoms with Gasteiger partial charge < -0.3 is 5.73 Å². The first-order chi connectivity index (χ1) is 8.70. The van der Waals surface area contributed by atoms with E-state index in [1.165, 1.54) is 0 Å². The van der Waals surface area contributed by atoms with Crippen molar-refractivity contribution < 1.29 is 4.21 Å². The fourth-order valence-electron chi connectivity index (χ4n) is 1.57. The maximum absolute atomic E-state index is 11.4. The molecular formula is C11H15N5OS. The molecule has 1 unspecified atom stereocenters. The summed E-state index contributed by atoms with van der Waals surface area (Å²) in [7, 11) is -0.822. The molecule has 0 fully saturated rings. The van der Waals surface area contributed by atoms with Crippen LogP contribution in [0.25, 0.3) is 11.4 Å². The van der Waals surface area contributed by atoms with Crippen LogP contribution >= 0.6 is 0 Å². The van der Waals surface area contributed by atoms with Gasteiger partial charge >= 0.3 is 0 Å². The van der Waals surface area contributed by atoms with Crippen LogP contribution in [0.3, 0.4) is 0 Å². The highest BCUT2D eigenvalue weighted by molar-refractivity contribution is 7.84. The SMILES string of the molecule is CCS(=O)CCn1nnnc1-c1cccc(N)c1. The average molecular weight is 265 g/mol. The number of nitrogens with two attached hydrogens (primary N) is 1.